The first-order chi connectivity index (χ1) is 10.1. The Hall–Kier alpha value is -1.43. The first-order valence-electron chi connectivity index (χ1n) is 7.64. The molecule has 0 unspecified atom stereocenters. The Labute approximate surface area is 129 Å². The average molecular weight is 309 g/mol. The minimum Gasteiger partial charge on any atom is -0.354 e. The summed E-state index contributed by atoms with van der Waals surface area (Å²) in [5, 5.41) is 6.70. The summed E-state index contributed by atoms with van der Waals surface area (Å²) in [5.41, 5.74) is 0.797. The van der Waals surface area contributed by atoms with Crippen molar-refractivity contribution in [2.45, 2.75) is 46.0 Å². The molecule has 5 nitrogen and oxygen atoms in total. The van der Waals surface area contributed by atoms with Gasteiger partial charge in [-0.3, -0.25) is 9.59 Å². The molecule has 1 aromatic rings. The van der Waals surface area contributed by atoms with Gasteiger partial charge < -0.3 is 10.6 Å². The van der Waals surface area contributed by atoms with E-state index in [1.54, 1.807) is 0 Å². The predicted octanol–water partition coefficient (Wildman–Crippen LogP) is 2.05. The van der Waals surface area contributed by atoms with E-state index in [0.717, 1.165) is 42.8 Å². The quantitative estimate of drug-likeness (QED) is 0.722. The van der Waals surface area contributed by atoms with E-state index in [4.69, 9.17) is 0 Å². The van der Waals surface area contributed by atoms with Gasteiger partial charge in [-0.1, -0.05) is 13.3 Å². The third-order valence-electron chi connectivity index (χ3n) is 3.45. The van der Waals surface area contributed by atoms with Crippen molar-refractivity contribution >= 4 is 23.2 Å². The summed E-state index contributed by atoms with van der Waals surface area (Å²) in [7, 11) is 0. The van der Waals surface area contributed by atoms with E-state index in [9.17, 15) is 9.59 Å². The van der Waals surface area contributed by atoms with Crippen LogP contribution in [-0.4, -0.2) is 29.9 Å². The summed E-state index contributed by atoms with van der Waals surface area (Å²) in [4.78, 5) is 28.7. The van der Waals surface area contributed by atoms with Crippen LogP contribution in [0.4, 0.5) is 0 Å². The molecule has 0 atom stereocenters. The van der Waals surface area contributed by atoms with Crippen LogP contribution in [0.25, 0.3) is 0 Å². The molecule has 1 aliphatic rings. The molecule has 116 valence electrons. The van der Waals surface area contributed by atoms with Gasteiger partial charge in [-0.15, -0.1) is 11.3 Å². The Morgan fingerprint density at radius 1 is 1.29 bits per heavy atom. The molecular formula is C15H23N3O2S. The fraction of sp³-hybridized carbons (Fsp3) is 0.667. The van der Waals surface area contributed by atoms with Crippen molar-refractivity contribution in [2.75, 3.05) is 13.1 Å². The maximum Gasteiger partial charge on any atom is 0.263 e. The minimum atomic E-state index is -0.0894. The van der Waals surface area contributed by atoms with Crippen molar-refractivity contribution in [3.05, 3.63) is 15.6 Å². The summed E-state index contributed by atoms with van der Waals surface area (Å²) in [6.07, 6.45) is 5.16. The molecule has 1 saturated carbocycles. The SMILES string of the molecule is CCCCc1nc(C)c(C(=O)NCCNC(=O)C2CC2)s1. The number of amides is 2. The van der Waals surface area contributed by atoms with E-state index in [1.807, 2.05) is 6.92 Å². The predicted molar refractivity (Wildman–Crippen MR) is 83.5 cm³/mol. The molecule has 2 N–H and O–H groups in total. The fourth-order valence-corrected chi connectivity index (χ4v) is 3.05. The van der Waals surface area contributed by atoms with E-state index in [-0.39, 0.29) is 17.7 Å². The third kappa shape index (κ3) is 4.81. The number of aromatic nitrogens is 1. The molecule has 0 bridgehead atoms. The van der Waals surface area contributed by atoms with Gasteiger partial charge in [0.25, 0.3) is 5.91 Å². The normalized spacial score (nSPS) is 14.0. The van der Waals surface area contributed by atoms with Gasteiger partial charge in [-0.05, 0) is 32.6 Å². The first kappa shape index (κ1) is 15.9. The van der Waals surface area contributed by atoms with Gasteiger partial charge in [0.2, 0.25) is 5.91 Å². The topological polar surface area (TPSA) is 71.1 Å². The van der Waals surface area contributed by atoms with Crippen molar-refractivity contribution in [3.8, 4) is 0 Å². The van der Waals surface area contributed by atoms with Gasteiger partial charge in [-0.2, -0.15) is 0 Å². The maximum atomic E-state index is 12.1. The highest BCUT2D eigenvalue weighted by Crippen LogP contribution is 2.28. The van der Waals surface area contributed by atoms with Gasteiger partial charge in [0.1, 0.15) is 4.88 Å². The zero-order valence-electron chi connectivity index (χ0n) is 12.7. The number of unbranched alkanes of at least 4 members (excludes halogenated alkanes) is 1. The van der Waals surface area contributed by atoms with Crippen LogP contribution < -0.4 is 10.6 Å². The lowest BCUT2D eigenvalue weighted by atomic mass is 10.3. The summed E-state index contributed by atoms with van der Waals surface area (Å²) < 4.78 is 0. The van der Waals surface area contributed by atoms with Crippen molar-refractivity contribution in [1.29, 1.82) is 0 Å². The van der Waals surface area contributed by atoms with Crippen molar-refractivity contribution < 1.29 is 9.59 Å². The van der Waals surface area contributed by atoms with Crippen LogP contribution in [0.5, 0.6) is 0 Å². The molecule has 2 rings (SSSR count). The molecule has 0 radical (unpaired) electrons. The van der Waals surface area contributed by atoms with E-state index >= 15 is 0 Å². The number of thiazole rings is 1. The second-order valence-electron chi connectivity index (χ2n) is 5.45. The lowest BCUT2D eigenvalue weighted by Crippen LogP contribution is -2.35. The van der Waals surface area contributed by atoms with E-state index in [1.165, 1.54) is 11.3 Å². The molecule has 21 heavy (non-hydrogen) atoms. The highest BCUT2D eigenvalue weighted by molar-refractivity contribution is 7.13. The molecule has 1 aliphatic carbocycles. The molecule has 0 saturated heterocycles. The summed E-state index contributed by atoms with van der Waals surface area (Å²) in [6, 6.07) is 0. The monoisotopic (exact) mass is 309 g/mol. The Bertz CT molecular complexity index is 509. The molecule has 0 aromatic carbocycles. The number of carbonyl (C=O) groups is 2. The van der Waals surface area contributed by atoms with Crippen LogP contribution >= 0.6 is 11.3 Å². The number of nitrogens with one attached hydrogen (secondary N) is 2. The maximum absolute atomic E-state index is 12.1. The summed E-state index contributed by atoms with van der Waals surface area (Å²) in [6.45, 7) is 4.96. The van der Waals surface area contributed by atoms with Crippen LogP contribution in [0.3, 0.4) is 0 Å². The molecule has 0 aliphatic heterocycles. The lowest BCUT2D eigenvalue weighted by Gasteiger charge is -2.05. The summed E-state index contributed by atoms with van der Waals surface area (Å²) in [5.74, 6) is 0.235. The van der Waals surface area contributed by atoms with Crippen LogP contribution in [0.2, 0.25) is 0 Å². The number of nitrogens with zero attached hydrogens (tertiary/aromatic N) is 1. The zero-order chi connectivity index (χ0) is 15.2. The first-order valence-corrected chi connectivity index (χ1v) is 8.45. The molecule has 2 amide bonds. The Morgan fingerprint density at radius 3 is 2.67 bits per heavy atom. The standard InChI is InChI=1S/C15H23N3O2S/c1-3-4-5-12-18-10(2)13(21-12)15(20)17-9-8-16-14(19)11-6-7-11/h11H,3-9H2,1-2H3,(H,16,19)(H,17,20). The molecule has 0 spiro atoms. The van der Waals surface area contributed by atoms with Gasteiger partial charge >= 0.3 is 0 Å². The Kier molecular flexibility index (Phi) is 5.73. The summed E-state index contributed by atoms with van der Waals surface area (Å²) >= 11 is 1.48. The molecular weight excluding hydrogens is 286 g/mol. The number of hydrogen-bond acceptors (Lipinski definition) is 4. The van der Waals surface area contributed by atoms with Crippen LogP contribution in [-0.2, 0) is 11.2 Å². The highest BCUT2D eigenvalue weighted by Gasteiger charge is 2.29. The van der Waals surface area contributed by atoms with Crippen molar-refractivity contribution in [3.63, 3.8) is 0 Å². The van der Waals surface area contributed by atoms with Gasteiger partial charge in [0, 0.05) is 19.0 Å². The number of aryl methyl sites for hydroxylation is 2. The molecule has 1 fully saturated rings. The number of hydrogen-bond donors (Lipinski definition) is 2. The van der Waals surface area contributed by atoms with Crippen LogP contribution in [0, 0.1) is 12.8 Å². The van der Waals surface area contributed by atoms with Gasteiger partial charge in [0.05, 0.1) is 10.7 Å². The molecule has 1 aromatic heterocycles. The molecule has 1 heterocycles. The van der Waals surface area contributed by atoms with E-state index < -0.39 is 0 Å². The largest absolute Gasteiger partial charge is 0.354 e. The van der Waals surface area contributed by atoms with E-state index in [2.05, 4.69) is 22.5 Å². The Balaban J connectivity index is 1.74. The third-order valence-corrected chi connectivity index (χ3v) is 4.67. The smallest absolute Gasteiger partial charge is 0.263 e. The lowest BCUT2D eigenvalue weighted by molar-refractivity contribution is -0.122. The second kappa shape index (κ2) is 7.54. The minimum absolute atomic E-state index is 0.0894. The highest BCUT2D eigenvalue weighted by atomic mass is 32.1. The number of carbonyl (C=O) groups excluding carboxylic acids is 2. The fourth-order valence-electron chi connectivity index (χ4n) is 2.03. The number of rotatable bonds is 8. The van der Waals surface area contributed by atoms with Crippen molar-refractivity contribution in [2.24, 2.45) is 5.92 Å². The Morgan fingerprint density at radius 2 is 2.00 bits per heavy atom. The van der Waals surface area contributed by atoms with Crippen molar-refractivity contribution in [1.82, 2.24) is 15.6 Å². The van der Waals surface area contributed by atoms with Crippen LogP contribution in [0.1, 0.15) is 53.0 Å². The van der Waals surface area contributed by atoms with Crippen LogP contribution in [0.15, 0.2) is 0 Å². The van der Waals surface area contributed by atoms with E-state index in [0.29, 0.717) is 18.0 Å². The van der Waals surface area contributed by atoms with Gasteiger partial charge in [0.15, 0.2) is 0 Å². The average Bonchev–Trinajstić information content (AvgIpc) is 3.24. The second-order valence-corrected chi connectivity index (χ2v) is 6.53. The van der Waals surface area contributed by atoms with Gasteiger partial charge in [-0.25, -0.2) is 4.98 Å². The molecule has 6 heteroatoms. The zero-order valence-corrected chi connectivity index (χ0v) is 13.5.